The van der Waals surface area contributed by atoms with Crippen LogP contribution < -0.4 is 4.90 Å². The number of rotatable bonds is 2. The molecule has 2 heterocycles. The number of benzene rings is 2. The summed E-state index contributed by atoms with van der Waals surface area (Å²) in [6.45, 7) is 1.91. The second kappa shape index (κ2) is 6.96. The molecule has 2 aromatic rings. The number of hydrogen-bond acceptors (Lipinski definition) is 6. The van der Waals surface area contributed by atoms with Crippen molar-refractivity contribution in [1.29, 1.82) is 0 Å². The van der Waals surface area contributed by atoms with Crippen LogP contribution in [0.5, 0.6) is 0 Å². The fourth-order valence-electron chi connectivity index (χ4n) is 3.19. The molecule has 2 aliphatic rings. The first-order valence-electron chi connectivity index (χ1n) is 8.50. The molecule has 28 heavy (non-hydrogen) atoms. The summed E-state index contributed by atoms with van der Waals surface area (Å²) in [5, 5.41) is -0.773. The zero-order valence-electron chi connectivity index (χ0n) is 14.7. The Morgan fingerprint density at radius 3 is 2.11 bits per heavy atom. The van der Waals surface area contributed by atoms with Crippen LogP contribution in [-0.2, 0) is 9.59 Å². The maximum absolute atomic E-state index is 12.8. The minimum Gasteiger partial charge on any atom is -0.274 e. The molecule has 1 atom stereocenters. The van der Waals surface area contributed by atoms with Gasteiger partial charge in [-0.1, -0.05) is 53.8 Å². The Morgan fingerprint density at radius 2 is 1.54 bits per heavy atom. The van der Waals surface area contributed by atoms with Crippen molar-refractivity contribution < 1.29 is 19.2 Å². The highest BCUT2D eigenvalue weighted by atomic mass is 32.2. The molecule has 0 bridgehead atoms. The van der Waals surface area contributed by atoms with Gasteiger partial charge in [-0.15, -0.1) is 0 Å². The molecule has 0 radical (unpaired) electrons. The molecular weight excluding hydrogens is 396 g/mol. The zero-order chi connectivity index (χ0) is 20.0. The third-order valence-corrected chi connectivity index (χ3v) is 6.13. The highest BCUT2D eigenvalue weighted by molar-refractivity contribution is 8.23. The van der Waals surface area contributed by atoms with Crippen molar-refractivity contribution in [1.82, 2.24) is 4.90 Å². The van der Waals surface area contributed by atoms with Gasteiger partial charge in [-0.25, -0.2) is 9.80 Å². The first kappa shape index (κ1) is 18.5. The zero-order valence-corrected chi connectivity index (χ0v) is 16.4. The molecule has 1 fully saturated rings. The molecule has 4 rings (SSSR count). The molecule has 1 saturated heterocycles. The number of amides is 4. The van der Waals surface area contributed by atoms with E-state index < -0.39 is 23.0 Å². The number of fused-ring (bicyclic) bond motifs is 1. The van der Waals surface area contributed by atoms with Crippen molar-refractivity contribution in [2.24, 2.45) is 0 Å². The summed E-state index contributed by atoms with van der Waals surface area (Å²) in [5.74, 6) is -1.76. The molecular formula is C20H14N2O4S2. The minimum atomic E-state index is -0.773. The molecule has 140 valence electrons. The number of nitrogens with zero attached hydrogens (tertiary/aromatic N) is 2. The third kappa shape index (κ3) is 2.94. The second-order valence-corrected chi connectivity index (χ2v) is 8.31. The van der Waals surface area contributed by atoms with Crippen molar-refractivity contribution in [3.63, 3.8) is 0 Å². The average molecular weight is 410 g/mol. The maximum atomic E-state index is 12.8. The van der Waals surface area contributed by atoms with E-state index in [0.717, 1.165) is 27.1 Å². The summed E-state index contributed by atoms with van der Waals surface area (Å²) < 4.78 is -0.0249. The van der Waals surface area contributed by atoms with E-state index in [9.17, 15) is 19.2 Å². The highest BCUT2D eigenvalue weighted by Gasteiger charge is 2.44. The largest absolute Gasteiger partial charge is 0.274 e. The van der Waals surface area contributed by atoms with E-state index in [1.165, 1.54) is 0 Å². The summed E-state index contributed by atoms with van der Waals surface area (Å²) >= 11 is 6.18. The van der Waals surface area contributed by atoms with Crippen LogP contribution in [0.2, 0.25) is 0 Å². The predicted octanol–water partition coefficient (Wildman–Crippen LogP) is 2.94. The van der Waals surface area contributed by atoms with E-state index in [0.29, 0.717) is 5.69 Å². The lowest BCUT2D eigenvalue weighted by Gasteiger charge is -2.17. The van der Waals surface area contributed by atoms with Crippen LogP contribution in [0.15, 0.2) is 48.5 Å². The standard InChI is InChI=1S/C20H14N2O4S2/c1-11-6-8-12(9-7-11)21-16(23)10-15(19(21)26)28-20(27)22-17(24)13-4-2-3-5-14(13)18(22)25/h2-9,15H,10H2,1H3/t15-/m1/s1. The van der Waals surface area contributed by atoms with E-state index in [1.54, 1.807) is 36.4 Å². The van der Waals surface area contributed by atoms with Crippen LogP contribution in [0.1, 0.15) is 32.7 Å². The molecule has 0 saturated carbocycles. The van der Waals surface area contributed by atoms with Crippen LogP contribution in [0, 0.1) is 6.92 Å². The summed E-state index contributed by atoms with van der Waals surface area (Å²) in [4.78, 5) is 52.2. The predicted molar refractivity (Wildman–Crippen MR) is 109 cm³/mol. The number of aryl methyl sites for hydroxylation is 1. The Bertz CT molecular complexity index is 1010. The first-order valence-corrected chi connectivity index (χ1v) is 9.79. The molecule has 0 aromatic heterocycles. The Morgan fingerprint density at radius 1 is 0.964 bits per heavy atom. The Labute approximate surface area is 170 Å². The summed E-state index contributed by atoms with van der Waals surface area (Å²) in [6, 6.07) is 13.5. The topological polar surface area (TPSA) is 74.8 Å². The number of anilines is 1. The summed E-state index contributed by atoms with van der Waals surface area (Å²) in [7, 11) is 0. The average Bonchev–Trinajstić information content (AvgIpc) is 3.09. The normalized spacial score (nSPS) is 18.8. The molecule has 8 heteroatoms. The van der Waals surface area contributed by atoms with Crippen molar-refractivity contribution in [2.75, 3.05) is 4.90 Å². The molecule has 0 unspecified atom stereocenters. The van der Waals surface area contributed by atoms with Gasteiger partial charge in [0.25, 0.3) is 11.8 Å². The number of carbonyl (C=O) groups excluding carboxylic acids is 4. The van der Waals surface area contributed by atoms with Crippen molar-refractivity contribution in [2.45, 2.75) is 18.6 Å². The van der Waals surface area contributed by atoms with Gasteiger partial charge in [0.2, 0.25) is 11.8 Å². The number of thioether (sulfide) groups is 1. The van der Waals surface area contributed by atoms with Crippen molar-refractivity contribution in [3.05, 3.63) is 65.2 Å². The van der Waals surface area contributed by atoms with Gasteiger partial charge in [-0.3, -0.25) is 19.2 Å². The van der Waals surface area contributed by atoms with Crippen LogP contribution in [0.3, 0.4) is 0 Å². The SMILES string of the molecule is Cc1ccc(N2C(=O)C[C@@H](SC(=S)N3C(=O)c4ccccc4C3=O)C2=O)cc1. The Balaban J connectivity index is 1.52. The van der Waals surface area contributed by atoms with Gasteiger partial charge in [0, 0.05) is 6.42 Å². The number of carbonyl (C=O) groups is 4. The van der Waals surface area contributed by atoms with Gasteiger partial charge in [-0.2, -0.15) is 0 Å². The fourth-order valence-corrected chi connectivity index (χ4v) is 4.65. The lowest BCUT2D eigenvalue weighted by Crippen LogP contribution is -2.36. The maximum Gasteiger partial charge on any atom is 0.267 e. The lowest BCUT2D eigenvalue weighted by molar-refractivity contribution is -0.121. The Kier molecular flexibility index (Phi) is 4.60. The number of imide groups is 2. The first-order chi connectivity index (χ1) is 13.4. The van der Waals surface area contributed by atoms with Crippen LogP contribution in [0.4, 0.5) is 5.69 Å². The smallest absolute Gasteiger partial charge is 0.267 e. The van der Waals surface area contributed by atoms with Gasteiger partial charge < -0.3 is 0 Å². The quantitative estimate of drug-likeness (QED) is 0.560. The molecule has 2 aliphatic heterocycles. The molecule has 0 N–H and O–H groups in total. The highest BCUT2D eigenvalue weighted by Crippen LogP contribution is 2.33. The minimum absolute atomic E-state index is 0.0249. The Hall–Kier alpha value is -2.84. The van der Waals surface area contributed by atoms with Gasteiger partial charge in [0.1, 0.15) is 5.25 Å². The van der Waals surface area contributed by atoms with E-state index in [2.05, 4.69) is 0 Å². The molecule has 0 spiro atoms. The van der Waals surface area contributed by atoms with Gasteiger partial charge in [0.05, 0.1) is 16.8 Å². The van der Waals surface area contributed by atoms with Gasteiger partial charge >= 0.3 is 0 Å². The molecule has 2 aromatic carbocycles. The van der Waals surface area contributed by atoms with Crippen molar-refractivity contribution >= 4 is 57.6 Å². The lowest BCUT2D eigenvalue weighted by atomic mass is 10.1. The van der Waals surface area contributed by atoms with Crippen LogP contribution in [-0.4, -0.2) is 38.1 Å². The van der Waals surface area contributed by atoms with E-state index >= 15 is 0 Å². The number of thiocarbonyl (C=S) groups is 1. The van der Waals surface area contributed by atoms with Gasteiger partial charge in [-0.05, 0) is 31.2 Å². The summed E-state index contributed by atoms with van der Waals surface area (Å²) in [6.07, 6.45) is -0.0410. The fraction of sp³-hybridized carbons (Fsp3) is 0.150. The van der Waals surface area contributed by atoms with E-state index in [-0.39, 0.29) is 27.8 Å². The molecule has 0 aliphatic carbocycles. The van der Waals surface area contributed by atoms with Crippen molar-refractivity contribution in [3.8, 4) is 0 Å². The van der Waals surface area contributed by atoms with Gasteiger partial charge in [0.15, 0.2) is 4.32 Å². The summed E-state index contributed by atoms with van der Waals surface area (Å²) in [5.41, 5.74) is 2.08. The monoisotopic (exact) mass is 410 g/mol. The number of hydrogen-bond donors (Lipinski definition) is 0. The molecule has 6 nitrogen and oxygen atoms in total. The van der Waals surface area contributed by atoms with Crippen LogP contribution in [0.25, 0.3) is 0 Å². The van der Waals surface area contributed by atoms with E-state index in [4.69, 9.17) is 12.2 Å². The molecule has 4 amide bonds. The van der Waals surface area contributed by atoms with E-state index in [1.807, 2.05) is 19.1 Å². The van der Waals surface area contributed by atoms with Crippen LogP contribution >= 0.6 is 24.0 Å². The second-order valence-electron chi connectivity index (χ2n) is 6.47. The third-order valence-electron chi connectivity index (χ3n) is 4.62.